The van der Waals surface area contributed by atoms with E-state index in [1.54, 1.807) is 54.6 Å². The maximum Gasteiger partial charge on any atom is 0.274 e. The van der Waals surface area contributed by atoms with E-state index in [1.165, 1.54) is 12.3 Å². The van der Waals surface area contributed by atoms with E-state index in [4.69, 9.17) is 11.6 Å². The molecule has 0 unspecified atom stereocenters. The molecule has 0 aliphatic carbocycles. The summed E-state index contributed by atoms with van der Waals surface area (Å²) in [5.41, 5.74) is 1.82. The first-order valence-electron chi connectivity index (χ1n) is 8.05. The number of nitrogens with one attached hydrogen (secondary N) is 1. The lowest BCUT2D eigenvalue weighted by molar-refractivity contribution is 0.0924. The van der Waals surface area contributed by atoms with Gasteiger partial charge in [0.15, 0.2) is 0 Å². The minimum Gasteiger partial charge on any atom is -0.321 e. The van der Waals surface area contributed by atoms with Crippen LogP contribution in [0.3, 0.4) is 0 Å². The van der Waals surface area contributed by atoms with Gasteiger partial charge in [-0.05, 0) is 54.6 Å². The first-order valence-corrected chi connectivity index (χ1v) is 8.43. The van der Waals surface area contributed by atoms with Crippen LogP contribution >= 0.6 is 11.6 Å². The number of rotatable bonds is 3. The van der Waals surface area contributed by atoms with E-state index in [0.717, 1.165) is 4.90 Å². The number of hydrogen-bond acceptors (Lipinski definition) is 4. The number of nitrogens with zero attached hydrogens (tertiary/aromatic N) is 2. The van der Waals surface area contributed by atoms with Crippen LogP contribution in [-0.2, 0) is 0 Å². The van der Waals surface area contributed by atoms with Gasteiger partial charge in [-0.15, -0.1) is 0 Å². The second kappa shape index (κ2) is 6.66. The highest BCUT2D eigenvalue weighted by atomic mass is 35.5. The largest absolute Gasteiger partial charge is 0.321 e. The summed E-state index contributed by atoms with van der Waals surface area (Å²) in [4.78, 5) is 42.3. The Morgan fingerprint density at radius 3 is 2.37 bits per heavy atom. The van der Waals surface area contributed by atoms with Gasteiger partial charge < -0.3 is 5.32 Å². The van der Waals surface area contributed by atoms with Crippen LogP contribution in [0.5, 0.6) is 0 Å². The standard InChI is InChI=1S/C20H12ClN3O3/c21-12-4-9-15-16(11-12)20(27)24(19(15)26)14-7-5-13(6-8-14)23-18(25)17-3-1-2-10-22-17/h1-11H,(H,23,25). The molecule has 27 heavy (non-hydrogen) atoms. The van der Waals surface area contributed by atoms with Gasteiger partial charge in [0, 0.05) is 16.9 Å². The lowest BCUT2D eigenvalue weighted by atomic mass is 10.1. The van der Waals surface area contributed by atoms with Crippen LogP contribution < -0.4 is 10.2 Å². The van der Waals surface area contributed by atoms with Gasteiger partial charge in [-0.1, -0.05) is 17.7 Å². The maximum absolute atomic E-state index is 12.6. The topological polar surface area (TPSA) is 79.4 Å². The number of hydrogen-bond donors (Lipinski definition) is 1. The number of anilines is 2. The summed E-state index contributed by atoms with van der Waals surface area (Å²) >= 11 is 5.92. The molecule has 0 bridgehead atoms. The minimum atomic E-state index is -0.428. The third kappa shape index (κ3) is 3.07. The SMILES string of the molecule is O=C(Nc1ccc(N2C(=O)c3ccc(Cl)cc3C2=O)cc1)c1ccccn1. The lowest BCUT2D eigenvalue weighted by Crippen LogP contribution is -2.29. The Bertz CT molecular complexity index is 1070. The number of fused-ring (bicyclic) bond motifs is 1. The first kappa shape index (κ1) is 16.9. The fourth-order valence-electron chi connectivity index (χ4n) is 2.83. The molecule has 2 aromatic carbocycles. The molecule has 1 aliphatic heterocycles. The molecule has 0 saturated carbocycles. The quantitative estimate of drug-likeness (QED) is 0.704. The number of aromatic nitrogens is 1. The van der Waals surface area contributed by atoms with Crippen LogP contribution in [0.15, 0.2) is 66.9 Å². The molecule has 1 N–H and O–H groups in total. The Kier molecular flexibility index (Phi) is 4.18. The van der Waals surface area contributed by atoms with E-state index in [2.05, 4.69) is 10.3 Å². The van der Waals surface area contributed by atoms with E-state index in [9.17, 15) is 14.4 Å². The molecule has 4 rings (SSSR count). The number of benzene rings is 2. The summed E-state index contributed by atoms with van der Waals surface area (Å²) in [6.45, 7) is 0. The smallest absolute Gasteiger partial charge is 0.274 e. The zero-order valence-corrected chi connectivity index (χ0v) is 14.6. The first-order chi connectivity index (χ1) is 13.0. The van der Waals surface area contributed by atoms with Crippen molar-refractivity contribution in [2.75, 3.05) is 10.2 Å². The number of imide groups is 1. The predicted octanol–water partition coefficient (Wildman–Crippen LogP) is 3.79. The highest BCUT2D eigenvalue weighted by molar-refractivity contribution is 6.36. The number of halogens is 1. The fourth-order valence-corrected chi connectivity index (χ4v) is 3.01. The van der Waals surface area contributed by atoms with Gasteiger partial charge in [0.2, 0.25) is 0 Å². The Hall–Kier alpha value is -3.51. The van der Waals surface area contributed by atoms with Gasteiger partial charge in [-0.3, -0.25) is 19.4 Å². The van der Waals surface area contributed by atoms with Crippen LogP contribution in [-0.4, -0.2) is 22.7 Å². The van der Waals surface area contributed by atoms with Gasteiger partial charge in [0.25, 0.3) is 17.7 Å². The average Bonchev–Trinajstić information content (AvgIpc) is 2.93. The molecular formula is C20H12ClN3O3. The summed E-state index contributed by atoms with van der Waals surface area (Å²) in [6.07, 6.45) is 1.53. The van der Waals surface area contributed by atoms with Gasteiger partial charge >= 0.3 is 0 Å². The summed E-state index contributed by atoms with van der Waals surface area (Å²) in [5, 5.41) is 3.11. The third-order valence-corrected chi connectivity index (χ3v) is 4.36. The average molecular weight is 378 g/mol. The minimum absolute atomic E-state index is 0.278. The number of carbonyl (C=O) groups is 3. The summed E-state index contributed by atoms with van der Waals surface area (Å²) in [5.74, 6) is -1.18. The van der Waals surface area contributed by atoms with Crippen molar-refractivity contribution >= 4 is 40.7 Å². The summed E-state index contributed by atoms with van der Waals surface area (Å²) in [6, 6.07) is 16.1. The van der Waals surface area contributed by atoms with Crippen molar-refractivity contribution in [1.82, 2.24) is 4.98 Å². The van der Waals surface area contributed by atoms with Crippen molar-refractivity contribution in [3.05, 3.63) is 88.7 Å². The molecule has 1 aliphatic rings. The van der Waals surface area contributed by atoms with Crippen molar-refractivity contribution in [3.63, 3.8) is 0 Å². The van der Waals surface area contributed by atoms with Gasteiger partial charge in [0.05, 0.1) is 16.8 Å². The van der Waals surface area contributed by atoms with Crippen LogP contribution in [0.25, 0.3) is 0 Å². The van der Waals surface area contributed by atoms with Crippen LogP contribution in [0.2, 0.25) is 5.02 Å². The highest BCUT2D eigenvalue weighted by Gasteiger charge is 2.36. The zero-order valence-electron chi connectivity index (χ0n) is 13.8. The molecule has 0 fully saturated rings. The Morgan fingerprint density at radius 2 is 1.67 bits per heavy atom. The molecule has 0 radical (unpaired) electrons. The van der Waals surface area contributed by atoms with Crippen molar-refractivity contribution in [3.8, 4) is 0 Å². The molecule has 0 atom stereocenters. The second-order valence-electron chi connectivity index (χ2n) is 5.85. The Morgan fingerprint density at radius 1 is 0.926 bits per heavy atom. The van der Waals surface area contributed by atoms with Crippen LogP contribution in [0.1, 0.15) is 31.2 Å². The van der Waals surface area contributed by atoms with Gasteiger partial charge in [0.1, 0.15) is 5.69 Å². The fraction of sp³-hybridized carbons (Fsp3) is 0. The van der Waals surface area contributed by atoms with Crippen molar-refractivity contribution in [1.29, 1.82) is 0 Å². The van der Waals surface area contributed by atoms with Crippen LogP contribution in [0.4, 0.5) is 11.4 Å². The Balaban J connectivity index is 1.56. The summed E-state index contributed by atoms with van der Waals surface area (Å²) in [7, 11) is 0. The monoisotopic (exact) mass is 377 g/mol. The van der Waals surface area contributed by atoms with E-state index < -0.39 is 11.8 Å². The molecule has 7 heteroatoms. The summed E-state index contributed by atoms with van der Waals surface area (Å²) < 4.78 is 0. The normalized spacial score (nSPS) is 12.9. The number of carbonyl (C=O) groups excluding carboxylic acids is 3. The Labute approximate surface area is 159 Å². The molecule has 6 nitrogen and oxygen atoms in total. The lowest BCUT2D eigenvalue weighted by Gasteiger charge is -2.14. The molecule has 2 heterocycles. The zero-order chi connectivity index (χ0) is 19.0. The van der Waals surface area contributed by atoms with Crippen molar-refractivity contribution in [2.24, 2.45) is 0 Å². The van der Waals surface area contributed by atoms with Gasteiger partial charge in [-0.2, -0.15) is 0 Å². The third-order valence-electron chi connectivity index (χ3n) is 4.13. The van der Waals surface area contributed by atoms with Gasteiger partial charge in [-0.25, -0.2) is 4.90 Å². The van der Waals surface area contributed by atoms with E-state index in [1.807, 2.05) is 0 Å². The van der Waals surface area contributed by atoms with Crippen molar-refractivity contribution in [2.45, 2.75) is 0 Å². The molecule has 0 saturated heterocycles. The number of amides is 3. The van der Waals surface area contributed by atoms with Crippen LogP contribution in [0, 0.1) is 0 Å². The van der Waals surface area contributed by atoms with E-state index in [-0.39, 0.29) is 11.5 Å². The molecule has 132 valence electrons. The molecule has 0 spiro atoms. The number of pyridine rings is 1. The predicted molar refractivity (Wildman–Crippen MR) is 101 cm³/mol. The van der Waals surface area contributed by atoms with E-state index in [0.29, 0.717) is 27.7 Å². The highest BCUT2D eigenvalue weighted by Crippen LogP contribution is 2.30. The maximum atomic E-state index is 12.6. The van der Waals surface area contributed by atoms with E-state index >= 15 is 0 Å². The molecular weight excluding hydrogens is 366 g/mol. The molecule has 3 aromatic rings. The second-order valence-corrected chi connectivity index (χ2v) is 6.29. The molecule has 1 aromatic heterocycles. The van der Waals surface area contributed by atoms with Crippen molar-refractivity contribution < 1.29 is 14.4 Å². The molecule has 3 amide bonds.